The topological polar surface area (TPSA) is 60.7 Å². The predicted octanol–water partition coefficient (Wildman–Crippen LogP) is 1.96. The Morgan fingerprint density at radius 1 is 1.33 bits per heavy atom. The first kappa shape index (κ1) is 11.5. The minimum atomic E-state index is 0.449. The second-order valence-electron chi connectivity index (χ2n) is 5.41. The number of pyridine rings is 1. The zero-order valence-corrected chi connectivity index (χ0v) is 10.6. The minimum absolute atomic E-state index is 0.449. The molecule has 2 aliphatic rings. The Labute approximate surface area is 107 Å². The number of anilines is 1. The number of piperidine rings is 1. The van der Waals surface area contributed by atoms with Crippen molar-refractivity contribution >= 4 is 5.82 Å². The van der Waals surface area contributed by atoms with E-state index in [1.54, 1.807) is 0 Å². The fourth-order valence-electron chi connectivity index (χ4n) is 3.13. The molecule has 4 heteroatoms. The van der Waals surface area contributed by atoms with E-state index in [1.807, 2.05) is 19.1 Å². The molecular formula is C14H18N4. The summed E-state index contributed by atoms with van der Waals surface area (Å²) in [5.74, 6) is 0.754. The van der Waals surface area contributed by atoms with Crippen molar-refractivity contribution in [3.05, 3.63) is 23.4 Å². The van der Waals surface area contributed by atoms with Crippen molar-refractivity contribution in [2.45, 2.75) is 50.7 Å². The van der Waals surface area contributed by atoms with Crippen LogP contribution in [0.5, 0.6) is 0 Å². The van der Waals surface area contributed by atoms with Gasteiger partial charge in [0.25, 0.3) is 0 Å². The summed E-state index contributed by atoms with van der Waals surface area (Å²) < 4.78 is 0. The molecule has 1 aromatic heterocycles. The number of hydrogen-bond donors (Lipinski definition) is 2. The van der Waals surface area contributed by atoms with Crippen molar-refractivity contribution in [1.29, 1.82) is 5.26 Å². The van der Waals surface area contributed by atoms with Gasteiger partial charge >= 0.3 is 0 Å². The van der Waals surface area contributed by atoms with Crippen molar-refractivity contribution < 1.29 is 0 Å². The molecule has 0 saturated carbocycles. The summed E-state index contributed by atoms with van der Waals surface area (Å²) in [7, 11) is 0. The lowest BCUT2D eigenvalue weighted by molar-refractivity contribution is 0.377. The molecule has 0 amide bonds. The SMILES string of the molecule is Cc1ccc(C#N)c(NC2CC3CCC(C2)N3)n1. The standard InChI is InChI=1S/C14H18N4/c1-9-2-3-10(8-15)14(16-9)18-13-6-11-4-5-12(7-13)17-11/h2-3,11-13,17H,4-7H2,1H3,(H,16,18). The number of aromatic nitrogens is 1. The third kappa shape index (κ3) is 2.19. The normalized spacial score (nSPS) is 29.9. The van der Waals surface area contributed by atoms with Crippen LogP contribution >= 0.6 is 0 Å². The van der Waals surface area contributed by atoms with Gasteiger partial charge in [-0.3, -0.25) is 0 Å². The summed E-state index contributed by atoms with van der Waals surface area (Å²) in [5.41, 5.74) is 1.60. The second-order valence-corrected chi connectivity index (χ2v) is 5.41. The molecule has 0 aliphatic carbocycles. The first-order chi connectivity index (χ1) is 8.74. The van der Waals surface area contributed by atoms with Crippen LogP contribution in [0.15, 0.2) is 12.1 Å². The molecule has 94 valence electrons. The van der Waals surface area contributed by atoms with Gasteiger partial charge in [0.05, 0.1) is 5.56 Å². The molecule has 2 saturated heterocycles. The maximum atomic E-state index is 9.11. The van der Waals surface area contributed by atoms with Gasteiger partial charge in [-0.15, -0.1) is 0 Å². The van der Waals surface area contributed by atoms with E-state index in [1.165, 1.54) is 12.8 Å². The van der Waals surface area contributed by atoms with E-state index in [0.29, 0.717) is 23.7 Å². The number of hydrogen-bond acceptors (Lipinski definition) is 4. The summed E-state index contributed by atoms with van der Waals surface area (Å²) in [6, 6.07) is 7.69. The van der Waals surface area contributed by atoms with Gasteiger partial charge in [-0.05, 0) is 44.7 Å². The monoisotopic (exact) mass is 242 g/mol. The Bertz CT molecular complexity index is 479. The van der Waals surface area contributed by atoms with Crippen LogP contribution in [0.3, 0.4) is 0 Å². The van der Waals surface area contributed by atoms with E-state index in [4.69, 9.17) is 5.26 Å². The van der Waals surface area contributed by atoms with E-state index in [9.17, 15) is 0 Å². The van der Waals surface area contributed by atoms with Crippen LogP contribution in [0.4, 0.5) is 5.82 Å². The second kappa shape index (κ2) is 4.58. The van der Waals surface area contributed by atoms with Gasteiger partial charge in [0, 0.05) is 23.8 Å². The molecule has 0 aromatic carbocycles. The summed E-state index contributed by atoms with van der Waals surface area (Å²) in [5, 5.41) is 16.2. The molecule has 3 rings (SSSR count). The number of nitrogens with zero attached hydrogens (tertiary/aromatic N) is 2. The van der Waals surface area contributed by atoms with Crippen LogP contribution in [0.2, 0.25) is 0 Å². The summed E-state index contributed by atoms with van der Waals surface area (Å²) >= 11 is 0. The number of nitrogens with one attached hydrogen (secondary N) is 2. The molecule has 0 spiro atoms. The zero-order valence-electron chi connectivity index (χ0n) is 10.6. The van der Waals surface area contributed by atoms with E-state index in [0.717, 1.165) is 24.4 Å². The Morgan fingerprint density at radius 3 is 2.72 bits per heavy atom. The lowest BCUT2D eigenvalue weighted by Gasteiger charge is -2.30. The highest BCUT2D eigenvalue weighted by Crippen LogP contribution is 2.29. The molecule has 2 unspecified atom stereocenters. The van der Waals surface area contributed by atoms with Crippen molar-refractivity contribution in [3.63, 3.8) is 0 Å². The van der Waals surface area contributed by atoms with Crippen molar-refractivity contribution in [2.24, 2.45) is 0 Å². The molecule has 2 aliphatic heterocycles. The van der Waals surface area contributed by atoms with Gasteiger partial charge in [0.15, 0.2) is 0 Å². The Morgan fingerprint density at radius 2 is 2.06 bits per heavy atom. The Balaban J connectivity index is 1.76. The number of fused-ring (bicyclic) bond motifs is 2. The summed E-state index contributed by atoms with van der Waals surface area (Å²) in [6.45, 7) is 1.96. The number of rotatable bonds is 2. The third-order valence-electron chi connectivity index (χ3n) is 3.97. The molecule has 3 heterocycles. The summed E-state index contributed by atoms with van der Waals surface area (Å²) in [6.07, 6.45) is 4.85. The molecule has 2 atom stereocenters. The fraction of sp³-hybridized carbons (Fsp3) is 0.571. The van der Waals surface area contributed by atoms with Gasteiger partial charge in [0.2, 0.25) is 0 Å². The van der Waals surface area contributed by atoms with Gasteiger partial charge in [-0.25, -0.2) is 4.98 Å². The molecule has 4 nitrogen and oxygen atoms in total. The van der Waals surface area contributed by atoms with E-state index in [-0.39, 0.29) is 0 Å². The predicted molar refractivity (Wildman–Crippen MR) is 70.3 cm³/mol. The van der Waals surface area contributed by atoms with Crippen LogP contribution in [-0.2, 0) is 0 Å². The highest BCUT2D eigenvalue weighted by atomic mass is 15.1. The van der Waals surface area contributed by atoms with Gasteiger partial charge in [-0.2, -0.15) is 5.26 Å². The van der Waals surface area contributed by atoms with E-state index in [2.05, 4.69) is 21.7 Å². The highest BCUT2D eigenvalue weighted by molar-refractivity contribution is 5.52. The lowest BCUT2D eigenvalue weighted by atomic mass is 9.99. The number of nitriles is 1. The molecule has 1 aromatic rings. The Kier molecular flexibility index (Phi) is 2.92. The quantitative estimate of drug-likeness (QED) is 0.832. The van der Waals surface area contributed by atoms with Crippen molar-refractivity contribution in [2.75, 3.05) is 5.32 Å². The van der Waals surface area contributed by atoms with Crippen LogP contribution in [0.25, 0.3) is 0 Å². The van der Waals surface area contributed by atoms with Crippen LogP contribution in [0.1, 0.15) is 36.9 Å². The molecule has 0 radical (unpaired) electrons. The lowest BCUT2D eigenvalue weighted by Crippen LogP contribution is -2.43. The maximum Gasteiger partial charge on any atom is 0.144 e. The molecule has 18 heavy (non-hydrogen) atoms. The molecule has 2 fully saturated rings. The first-order valence-corrected chi connectivity index (χ1v) is 6.65. The number of aryl methyl sites for hydroxylation is 1. The van der Waals surface area contributed by atoms with Crippen molar-refractivity contribution in [1.82, 2.24) is 10.3 Å². The molecule has 2 bridgehead atoms. The average Bonchev–Trinajstić information content (AvgIpc) is 2.69. The summed E-state index contributed by atoms with van der Waals surface area (Å²) in [4.78, 5) is 4.45. The van der Waals surface area contributed by atoms with Crippen LogP contribution in [0, 0.1) is 18.3 Å². The Hall–Kier alpha value is -1.60. The van der Waals surface area contributed by atoms with Gasteiger partial charge < -0.3 is 10.6 Å². The zero-order chi connectivity index (χ0) is 12.5. The first-order valence-electron chi connectivity index (χ1n) is 6.65. The third-order valence-corrected chi connectivity index (χ3v) is 3.97. The smallest absolute Gasteiger partial charge is 0.144 e. The maximum absolute atomic E-state index is 9.11. The van der Waals surface area contributed by atoms with Crippen molar-refractivity contribution in [3.8, 4) is 6.07 Å². The fourth-order valence-corrected chi connectivity index (χ4v) is 3.13. The largest absolute Gasteiger partial charge is 0.366 e. The highest BCUT2D eigenvalue weighted by Gasteiger charge is 2.33. The van der Waals surface area contributed by atoms with E-state index < -0.39 is 0 Å². The van der Waals surface area contributed by atoms with E-state index >= 15 is 0 Å². The van der Waals surface area contributed by atoms with Gasteiger partial charge in [0.1, 0.15) is 11.9 Å². The molecule has 2 N–H and O–H groups in total. The minimum Gasteiger partial charge on any atom is -0.366 e. The van der Waals surface area contributed by atoms with Gasteiger partial charge in [-0.1, -0.05) is 0 Å². The average molecular weight is 242 g/mol. The van der Waals surface area contributed by atoms with Crippen LogP contribution in [-0.4, -0.2) is 23.1 Å². The molecular weight excluding hydrogens is 224 g/mol. The van der Waals surface area contributed by atoms with Crippen LogP contribution < -0.4 is 10.6 Å².